The minimum Gasteiger partial charge on any atom is -0.307 e. The molecule has 0 amide bonds. The summed E-state index contributed by atoms with van der Waals surface area (Å²) < 4.78 is 13.9. The van der Waals surface area contributed by atoms with Crippen LogP contribution in [0.15, 0.2) is 22.7 Å². The van der Waals surface area contributed by atoms with Crippen LogP contribution in [-0.4, -0.2) is 17.5 Å². The van der Waals surface area contributed by atoms with Crippen molar-refractivity contribution in [1.29, 1.82) is 0 Å². The minimum atomic E-state index is -0.193. The summed E-state index contributed by atoms with van der Waals surface area (Å²) in [4.78, 5) is 0. The summed E-state index contributed by atoms with van der Waals surface area (Å²) in [5, 5.41) is 3.63. The van der Waals surface area contributed by atoms with Gasteiger partial charge in [0.1, 0.15) is 5.82 Å². The molecule has 1 aromatic rings. The van der Waals surface area contributed by atoms with Crippen molar-refractivity contribution < 1.29 is 4.39 Å². The summed E-state index contributed by atoms with van der Waals surface area (Å²) in [5.41, 5.74) is 1.13. The van der Waals surface area contributed by atoms with Crippen LogP contribution in [0.5, 0.6) is 0 Å². The molecule has 1 fully saturated rings. The molecule has 0 saturated carbocycles. The fourth-order valence-electron chi connectivity index (χ4n) is 2.16. The maximum atomic E-state index is 13.0. The molecule has 1 saturated heterocycles. The third kappa shape index (κ3) is 3.70. The molecule has 17 heavy (non-hydrogen) atoms. The van der Waals surface area contributed by atoms with Crippen molar-refractivity contribution in [1.82, 2.24) is 5.32 Å². The van der Waals surface area contributed by atoms with Crippen LogP contribution >= 0.6 is 27.7 Å². The molecule has 94 valence electrons. The zero-order valence-corrected chi connectivity index (χ0v) is 12.3. The van der Waals surface area contributed by atoms with Crippen LogP contribution in [0, 0.1) is 5.82 Å². The van der Waals surface area contributed by atoms with Gasteiger partial charge in [-0.2, -0.15) is 11.8 Å². The molecule has 0 aliphatic carbocycles. The number of hydrogen-bond acceptors (Lipinski definition) is 2. The number of halogens is 2. The van der Waals surface area contributed by atoms with E-state index in [2.05, 4.69) is 28.2 Å². The molecule has 1 unspecified atom stereocenters. The van der Waals surface area contributed by atoms with Crippen LogP contribution < -0.4 is 5.32 Å². The third-order valence-electron chi connectivity index (χ3n) is 3.14. The zero-order valence-electron chi connectivity index (χ0n) is 9.88. The maximum absolute atomic E-state index is 13.0. The van der Waals surface area contributed by atoms with Crippen molar-refractivity contribution in [2.45, 2.75) is 31.8 Å². The largest absolute Gasteiger partial charge is 0.307 e. The van der Waals surface area contributed by atoms with E-state index in [1.807, 2.05) is 17.8 Å². The highest BCUT2D eigenvalue weighted by Gasteiger charge is 2.17. The van der Waals surface area contributed by atoms with E-state index in [1.165, 1.54) is 36.5 Å². The second-order valence-corrected chi connectivity index (χ2v) is 6.52. The summed E-state index contributed by atoms with van der Waals surface area (Å²) in [7, 11) is 0. The predicted octanol–water partition coefficient (Wildman–Crippen LogP) is 4.13. The molecular formula is C13H17BrFNS. The molecule has 0 spiro atoms. The second kappa shape index (κ2) is 6.21. The van der Waals surface area contributed by atoms with Crippen LogP contribution in [0.1, 0.15) is 31.4 Å². The summed E-state index contributed by atoms with van der Waals surface area (Å²) >= 11 is 5.46. The monoisotopic (exact) mass is 317 g/mol. The van der Waals surface area contributed by atoms with E-state index in [0.29, 0.717) is 6.04 Å². The molecule has 1 aliphatic rings. The standard InChI is InChI=1S/C13H17BrFNS/c1-9(16-11-4-6-17-7-5-11)12-3-2-10(15)8-13(12)14/h2-3,8-9,11,16H,4-7H2,1H3. The highest BCUT2D eigenvalue weighted by Crippen LogP contribution is 2.26. The highest BCUT2D eigenvalue weighted by molar-refractivity contribution is 9.10. The van der Waals surface area contributed by atoms with Gasteiger partial charge in [-0.15, -0.1) is 0 Å². The van der Waals surface area contributed by atoms with Crippen molar-refractivity contribution >= 4 is 27.7 Å². The first kappa shape index (κ1) is 13.4. The molecule has 1 heterocycles. The van der Waals surface area contributed by atoms with Gasteiger partial charge in [-0.3, -0.25) is 0 Å². The smallest absolute Gasteiger partial charge is 0.124 e. The van der Waals surface area contributed by atoms with Crippen LogP contribution in [-0.2, 0) is 0 Å². The van der Waals surface area contributed by atoms with E-state index in [-0.39, 0.29) is 11.9 Å². The lowest BCUT2D eigenvalue weighted by molar-refractivity contribution is 0.430. The molecule has 1 N–H and O–H groups in total. The van der Waals surface area contributed by atoms with E-state index < -0.39 is 0 Å². The van der Waals surface area contributed by atoms with Gasteiger partial charge in [0.25, 0.3) is 0 Å². The molecular weight excluding hydrogens is 301 g/mol. The van der Waals surface area contributed by atoms with Gasteiger partial charge < -0.3 is 5.32 Å². The first-order valence-electron chi connectivity index (χ1n) is 5.95. The second-order valence-electron chi connectivity index (χ2n) is 4.44. The van der Waals surface area contributed by atoms with E-state index in [9.17, 15) is 4.39 Å². The molecule has 1 atom stereocenters. The molecule has 1 aromatic carbocycles. The van der Waals surface area contributed by atoms with Crippen molar-refractivity contribution in [2.24, 2.45) is 0 Å². The summed E-state index contributed by atoms with van der Waals surface area (Å²) in [5.74, 6) is 2.30. The van der Waals surface area contributed by atoms with Crippen LogP contribution in [0.25, 0.3) is 0 Å². The highest BCUT2D eigenvalue weighted by atomic mass is 79.9. The quantitative estimate of drug-likeness (QED) is 0.899. The SMILES string of the molecule is CC(NC1CCSCC1)c1ccc(F)cc1Br. The van der Waals surface area contributed by atoms with E-state index >= 15 is 0 Å². The Bertz CT molecular complexity index is 380. The maximum Gasteiger partial charge on any atom is 0.124 e. The summed E-state index contributed by atoms with van der Waals surface area (Å²) in [6, 6.07) is 5.77. The molecule has 0 aromatic heterocycles. The minimum absolute atomic E-state index is 0.193. The number of rotatable bonds is 3. The lowest BCUT2D eigenvalue weighted by atomic mass is 10.1. The van der Waals surface area contributed by atoms with Crippen molar-refractivity contribution in [2.75, 3.05) is 11.5 Å². The van der Waals surface area contributed by atoms with Gasteiger partial charge in [0.05, 0.1) is 0 Å². The van der Waals surface area contributed by atoms with E-state index in [4.69, 9.17) is 0 Å². The van der Waals surface area contributed by atoms with Crippen molar-refractivity contribution in [3.8, 4) is 0 Å². The van der Waals surface area contributed by atoms with Gasteiger partial charge in [-0.25, -0.2) is 4.39 Å². The lowest BCUT2D eigenvalue weighted by Crippen LogP contribution is -2.34. The Balaban J connectivity index is 2.00. The molecule has 0 radical (unpaired) electrons. The topological polar surface area (TPSA) is 12.0 Å². The Morgan fingerprint density at radius 2 is 2.12 bits per heavy atom. The van der Waals surface area contributed by atoms with Gasteiger partial charge in [-0.1, -0.05) is 22.0 Å². The van der Waals surface area contributed by atoms with Gasteiger partial charge >= 0.3 is 0 Å². The van der Waals surface area contributed by atoms with E-state index in [0.717, 1.165) is 10.0 Å². The van der Waals surface area contributed by atoms with Crippen LogP contribution in [0.3, 0.4) is 0 Å². The van der Waals surface area contributed by atoms with Gasteiger partial charge in [0.15, 0.2) is 0 Å². The lowest BCUT2D eigenvalue weighted by Gasteiger charge is -2.27. The Hall–Kier alpha value is -0.0600. The Labute approximate surface area is 115 Å². The predicted molar refractivity (Wildman–Crippen MR) is 76.0 cm³/mol. The number of benzene rings is 1. The van der Waals surface area contributed by atoms with Crippen LogP contribution in [0.4, 0.5) is 4.39 Å². The fraction of sp³-hybridized carbons (Fsp3) is 0.538. The van der Waals surface area contributed by atoms with Crippen LogP contribution in [0.2, 0.25) is 0 Å². The normalized spacial score (nSPS) is 19.2. The van der Waals surface area contributed by atoms with Crippen molar-refractivity contribution in [3.63, 3.8) is 0 Å². The first-order chi connectivity index (χ1) is 8.16. The summed E-state index contributed by atoms with van der Waals surface area (Å²) in [6.45, 7) is 2.14. The number of nitrogens with one attached hydrogen (secondary N) is 1. The molecule has 0 bridgehead atoms. The number of hydrogen-bond donors (Lipinski definition) is 1. The Kier molecular flexibility index (Phi) is 4.88. The van der Waals surface area contributed by atoms with Gasteiger partial charge in [-0.05, 0) is 49.0 Å². The Morgan fingerprint density at radius 3 is 2.76 bits per heavy atom. The zero-order chi connectivity index (χ0) is 12.3. The van der Waals surface area contributed by atoms with Crippen molar-refractivity contribution in [3.05, 3.63) is 34.1 Å². The third-order valence-corrected chi connectivity index (χ3v) is 4.87. The molecule has 4 heteroatoms. The average molecular weight is 318 g/mol. The summed E-state index contributed by atoms with van der Waals surface area (Å²) in [6.07, 6.45) is 2.46. The van der Waals surface area contributed by atoms with Gasteiger partial charge in [0.2, 0.25) is 0 Å². The number of thioether (sulfide) groups is 1. The molecule has 1 nitrogen and oxygen atoms in total. The fourth-order valence-corrected chi connectivity index (χ4v) is 3.96. The molecule has 1 aliphatic heterocycles. The molecule has 2 rings (SSSR count). The first-order valence-corrected chi connectivity index (χ1v) is 7.90. The van der Waals surface area contributed by atoms with Gasteiger partial charge in [0, 0.05) is 16.6 Å². The van der Waals surface area contributed by atoms with E-state index in [1.54, 1.807) is 0 Å². The average Bonchev–Trinajstić information content (AvgIpc) is 2.30. The Morgan fingerprint density at radius 1 is 1.41 bits per heavy atom.